The lowest BCUT2D eigenvalue weighted by atomic mass is 9.83. The van der Waals surface area contributed by atoms with Gasteiger partial charge < -0.3 is 5.11 Å². The number of phenolic OH excluding ortho intramolecular Hbond substituents is 1. The van der Waals surface area contributed by atoms with Crippen molar-refractivity contribution >= 4 is 66.6 Å². The number of aryl methyl sites for hydroxylation is 1. The second kappa shape index (κ2) is 8.89. The summed E-state index contributed by atoms with van der Waals surface area (Å²) in [6.07, 6.45) is 3.45. The molecule has 35 heavy (non-hydrogen) atoms. The van der Waals surface area contributed by atoms with Crippen molar-refractivity contribution < 1.29 is 5.11 Å². The lowest BCUT2D eigenvalue weighted by Crippen LogP contribution is -2.38. The lowest BCUT2D eigenvalue weighted by Gasteiger charge is -2.30. The monoisotopic (exact) mass is 626 g/mol. The van der Waals surface area contributed by atoms with E-state index in [1.165, 1.54) is 16.9 Å². The summed E-state index contributed by atoms with van der Waals surface area (Å²) in [6.45, 7) is 0. The van der Waals surface area contributed by atoms with Crippen LogP contribution < -0.4 is 14.9 Å². The number of aromatic nitrogens is 1. The second-order valence-electron chi connectivity index (χ2n) is 8.49. The number of halogens is 3. The van der Waals surface area contributed by atoms with Gasteiger partial charge in [0.25, 0.3) is 5.56 Å². The van der Waals surface area contributed by atoms with Gasteiger partial charge in [0.15, 0.2) is 4.80 Å². The lowest BCUT2D eigenvalue weighted by molar-refractivity contribution is 0.470. The Morgan fingerprint density at radius 1 is 1.09 bits per heavy atom. The van der Waals surface area contributed by atoms with Gasteiger partial charge in [-0.3, -0.25) is 9.36 Å². The van der Waals surface area contributed by atoms with Crippen LogP contribution in [0.4, 0.5) is 0 Å². The maximum atomic E-state index is 13.8. The summed E-state index contributed by atoms with van der Waals surface area (Å²) in [5.41, 5.74) is 5.90. The molecule has 6 rings (SSSR count). The Kier molecular flexibility index (Phi) is 5.84. The average Bonchev–Trinajstić information content (AvgIpc) is 3.16. The molecule has 4 nitrogen and oxygen atoms in total. The molecule has 8 heteroatoms. The Hall–Kier alpha value is -2.45. The van der Waals surface area contributed by atoms with E-state index in [-0.39, 0.29) is 17.4 Å². The third kappa shape index (κ3) is 3.95. The van der Waals surface area contributed by atoms with Crippen LogP contribution in [0.15, 0.2) is 85.0 Å². The molecule has 1 aromatic heterocycles. The number of benzene rings is 3. The Bertz CT molecular complexity index is 1720. The van der Waals surface area contributed by atoms with Crippen molar-refractivity contribution in [1.29, 1.82) is 0 Å². The van der Waals surface area contributed by atoms with Crippen molar-refractivity contribution in [3.05, 3.63) is 122 Å². The first-order valence-corrected chi connectivity index (χ1v) is 13.8. The molecule has 0 bridgehead atoms. The molecule has 0 amide bonds. The van der Waals surface area contributed by atoms with Crippen molar-refractivity contribution in [3.63, 3.8) is 0 Å². The molecule has 1 aliphatic heterocycles. The minimum atomic E-state index is -0.267. The fourth-order valence-electron chi connectivity index (χ4n) is 4.80. The number of phenols is 1. The van der Waals surface area contributed by atoms with Crippen LogP contribution in [0.2, 0.25) is 5.02 Å². The van der Waals surface area contributed by atoms with Gasteiger partial charge in [0.1, 0.15) is 5.75 Å². The van der Waals surface area contributed by atoms with Crippen LogP contribution in [0.25, 0.3) is 11.8 Å². The highest BCUT2D eigenvalue weighted by Crippen LogP contribution is 2.41. The van der Waals surface area contributed by atoms with E-state index in [0.717, 1.165) is 39.7 Å². The summed E-state index contributed by atoms with van der Waals surface area (Å²) in [7, 11) is 0. The van der Waals surface area contributed by atoms with Gasteiger partial charge in [0, 0.05) is 20.6 Å². The Labute approximate surface area is 226 Å². The van der Waals surface area contributed by atoms with Crippen LogP contribution in [0.3, 0.4) is 0 Å². The highest BCUT2D eigenvalue weighted by Gasteiger charge is 2.32. The van der Waals surface area contributed by atoms with Gasteiger partial charge in [-0.25, -0.2) is 4.99 Å². The maximum absolute atomic E-state index is 13.8. The normalized spacial score (nSPS) is 17.0. The predicted octanol–water partition coefficient (Wildman–Crippen LogP) is 6.20. The zero-order valence-electron chi connectivity index (χ0n) is 18.1. The molecular weight excluding hydrogens is 612 g/mol. The molecule has 2 aliphatic rings. The summed E-state index contributed by atoms with van der Waals surface area (Å²) in [4.78, 5) is 19.5. The minimum absolute atomic E-state index is 0.0847. The largest absolute Gasteiger partial charge is 0.506 e. The molecular formula is C27H17Br2ClN2O2S. The number of fused-ring (bicyclic) bond motifs is 3. The molecule has 2 heterocycles. The molecule has 0 saturated heterocycles. The molecule has 1 unspecified atom stereocenters. The van der Waals surface area contributed by atoms with Crippen LogP contribution in [0.5, 0.6) is 5.75 Å². The van der Waals surface area contributed by atoms with Gasteiger partial charge in [-0.2, -0.15) is 0 Å². The van der Waals surface area contributed by atoms with Crippen molar-refractivity contribution in [2.75, 3.05) is 0 Å². The quantitative estimate of drug-likeness (QED) is 0.288. The molecule has 0 saturated carbocycles. The highest BCUT2D eigenvalue weighted by atomic mass is 79.9. The van der Waals surface area contributed by atoms with Crippen LogP contribution >= 0.6 is 54.8 Å². The van der Waals surface area contributed by atoms with E-state index in [9.17, 15) is 9.90 Å². The summed E-state index contributed by atoms with van der Waals surface area (Å²) in [5.74, 6) is 0.0847. The van der Waals surface area contributed by atoms with E-state index >= 15 is 0 Å². The van der Waals surface area contributed by atoms with E-state index in [1.807, 2.05) is 30.3 Å². The average molecular weight is 629 g/mol. The third-order valence-corrected chi connectivity index (χ3v) is 8.70. The van der Waals surface area contributed by atoms with Crippen molar-refractivity contribution in [3.8, 4) is 5.75 Å². The first kappa shape index (κ1) is 23.0. The first-order valence-electron chi connectivity index (χ1n) is 11.0. The zero-order chi connectivity index (χ0) is 24.3. The SMILES string of the molecule is O=c1c(=Cc2cc(Br)cc(Br)c2O)sc2n1C(c1ccc(Cl)cc1)C1=C(N=2)c2ccccc2CC1. The van der Waals surface area contributed by atoms with Crippen LogP contribution in [-0.2, 0) is 6.42 Å². The zero-order valence-corrected chi connectivity index (χ0v) is 22.9. The predicted molar refractivity (Wildman–Crippen MR) is 148 cm³/mol. The molecule has 1 atom stereocenters. The van der Waals surface area contributed by atoms with E-state index in [1.54, 1.807) is 22.8 Å². The third-order valence-electron chi connectivity index (χ3n) is 6.40. The maximum Gasteiger partial charge on any atom is 0.271 e. The van der Waals surface area contributed by atoms with Gasteiger partial charge in [-0.1, -0.05) is 75.3 Å². The highest BCUT2D eigenvalue weighted by molar-refractivity contribution is 9.11. The fraction of sp³-hybridized carbons (Fsp3) is 0.111. The van der Waals surface area contributed by atoms with E-state index < -0.39 is 0 Å². The van der Waals surface area contributed by atoms with Gasteiger partial charge >= 0.3 is 0 Å². The number of thiazole rings is 1. The Morgan fingerprint density at radius 3 is 2.66 bits per heavy atom. The first-order chi connectivity index (χ1) is 16.9. The molecule has 0 spiro atoms. The molecule has 4 aromatic rings. The molecule has 0 fully saturated rings. The number of hydrogen-bond donors (Lipinski definition) is 1. The molecule has 174 valence electrons. The van der Waals surface area contributed by atoms with E-state index in [0.29, 0.717) is 24.4 Å². The van der Waals surface area contributed by atoms with Crippen molar-refractivity contribution in [1.82, 2.24) is 4.57 Å². The summed E-state index contributed by atoms with van der Waals surface area (Å²) < 4.78 is 3.65. The number of hydrogen-bond acceptors (Lipinski definition) is 4. The van der Waals surface area contributed by atoms with Gasteiger partial charge in [0.05, 0.1) is 20.7 Å². The van der Waals surface area contributed by atoms with Gasteiger partial charge in [-0.05, 0) is 75.8 Å². The van der Waals surface area contributed by atoms with Crippen LogP contribution in [0.1, 0.15) is 34.7 Å². The number of allylic oxidation sites excluding steroid dienone is 1. The molecule has 1 aliphatic carbocycles. The van der Waals surface area contributed by atoms with Gasteiger partial charge in [0.2, 0.25) is 0 Å². The second-order valence-corrected chi connectivity index (χ2v) is 11.7. The summed E-state index contributed by atoms with van der Waals surface area (Å²) >= 11 is 14.4. The van der Waals surface area contributed by atoms with Crippen molar-refractivity contribution in [2.45, 2.75) is 18.9 Å². The minimum Gasteiger partial charge on any atom is -0.506 e. The van der Waals surface area contributed by atoms with Crippen LogP contribution in [-0.4, -0.2) is 9.67 Å². The van der Waals surface area contributed by atoms with Crippen LogP contribution in [0, 0.1) is 0 Å². The smallest absolute Gasteiger partial charge is 0.271 e. The molecule has 1 N–H and O–H groups in total. The standard InChI is InChI=1S/C27H17Br2ClN2O2S/c28-17-11-16(25(33)21(29)13-17)12-22-26(34)32-24(15-5-8-18(30)9-6-15)20-10-7-14-3-1-2-4-19(14)23(20)31-27(32)35-22/h1-6,8-9,11-13,24,33H,7,10H2. The number of nitrogens with zero attached hydrogens (tertiary/aromatic N) is 2. The molecule has 3 aromatic carbocycles. The summed E-state index contributed by atoms with van der Waals surface area (Å²) in [6, 6.07) is 19.3. The van der Waals surface area contributed by atoms with Crippen molar-refractivity contribution in [2.24, 2.45) is 4.99 Å². The molecule has 0 radical (unpaired) electrons. The van der Waals surface area contributed by atoms with E-state index in [2.05, 4.69) is 50.1 Å². The summed E-state index contributed by atoms with van der Waals surface area (Å²) in [5, 5.41) is 11.2. The Balaban J connectivity index is 1.64. The number of rotatable bonds is 2. The number of aromatic hydroxyl groups is 1. The fourth-order valence-corrected chi connectivity index (χ4v) is 7.18. The van der Waals surface area contributed by atoms with E-state index in [4.69, 9.17) is 16.6 Å². The topological polar surface area (TPSA) is 54.6 Å². The van der Waals surface area contributed by atoms with Gasteiger partial charge in [-0.15, -0.1) is 0 Å². The Morgan fingerprint density at radius 2 is 1.86 bits per heavy atom.